The van der Waals surface area contributed by atoms with Crippen LogP contribution in [0.2, 0.25) is 0 Å². The van der Waals surface area contributed by atoms with Crippen molar-refractivity contribution in [1.29, 1.82) is 0 Å². The number of methoxy groups -OCH3 is 1. The summed E-state index contributed by atoms with van der Waals surface area (Å²) in [5.41, 5.74) is 0.877. The zero-order valence-electron chi connectivity index (χ0n) is 23.7. The minimum Gasteiger partial charge on any atom is -0.495 e. The summed E-state index contributed by atoms with van der Waals surface area (Å²) in [5, 5.41) is 14.3. The van der Waals surface area contributed by atoms with Crippen LogP contribution in [-0.4, -0.2) is 94.7 Å². The van der Waals surface area contributed by atoms with Gasteiger partial charge in [0, 0.05) is 24.8 Å². The number of fused-ring (bicyclic) bond motifs is 1. The number of β-lactam (4-membered cyclic amide) rings is 1. The Kier molecular flexibility index (Phi) is 8.76. The number of para-hydroxylation sites is 2. The number of nitrogens with one attached hydrogen (secondary N) is 2. The number of carboxylic acids is 1. The fourth-order valence-electron chi connectivity index (χ4n) is 5.17. The third-order valence-corrected chi connectivity index (χ3v) is 8.63. The quantitative estimate of drug-likeness (QED) is 0.275. The molecule has 6 amide bonds. The number of nitrogens with zero attached hydrogens (tertiary/aromatic N) is 3. The molecule has 0 spiro atoms. The molecule has 14 nitrogen and oxygen atoms in total. The molecule has 5 rings (SSSR count). The van der Waals surface area contributed by atoms with Crippen LogP contribution >= 0.6 is 11.8 Å². The minimum absolute atomic E-state index is 0.0562. The van der Waals surface area contributed by atoms with Crippen molar-refractivity contribution in [1.82, 2.24) is 20.4 Å². The van der Waals surface area contributed by atoms with E-state index in [-0.39, 0.29) is 36.7 Å². The fourth-order valence-corrected chi connectivity index (χ4v) is 6.50. The predicted molar refractivity (Wildman–Crippen MR) is 156 cm³/mol. The van der Waals surface area contributed by atoms with Crippen molar-refractivity contribution in [3.8, 4) is 5.75 Å². The van der Waals surface area contributed by atoms with Gasteiger partial charge in [-0.3, -0.25) is 24.2 Å². The number of amides is 6. The number of carbonyl (C=O) groups excluding carboxylic acids is 5. The molecule has 2 unspecified atom stereocenters. The van der Waals surface area contributed by atoms with Crippen molar-refractivity contribution in [2.24, 2.45) is 0 Å². The highest BCUT2D eigenvalue weighted by Crippen LogP contribution is 2.40. The number of thioether (sulfide) groups is 1. The van der Waals surface area contributed by atoms with E-state index in [1.165, 1.54) is 30.7 Å². The molecule has 3 heterocycles. The first kappa shape index (κ1) is 30.4. The summed E-state index contributed by atoms with van der Waals surface area (Å²) < 4.78 is 10.3. The van der Waals surface area contributed by atoms with Gasteiger partial charge in [0.15, 0.2) is 0 Å². The highest BCUT2D eigenvalue weighted by Gasteiger charge is 2.54. The van der Waals surface area contributed by atoms with Gasteiger partial charge < -0.3 is 25.2 Å². The molecule has 0 saturated carbocycles. The lowest BCUT2D eigenvalue weighted by atomic mass is 10.0. The van der Waals surface area contributed by atoms with Crippen LogP contribution in [0.25, 0.3) is 0 Å². The number of ether oxygens (including phenoxy) is 2. The number of benzene rings is 2. The van der Waals surface area contributed by atoms with Crippen molar-refractivity contribution < 1.29 is 43.3 Å². The Hall–Kier alpha value is -5.05. The summed E-state index contributed by atoms with van der Waals surface area (Å²) in [4.78, 5) is 80.0. The van der Waals surface area contributed by atoms with Gasteiger partial charge in [0.1, 0.15) is 35.5 Å². The van der Waals surface area contributed by atoms with Gasteiger partial charge in [0.2, 0.25) is 5.91 Å². The number of carbonyl (C=O) groups is 6. The lowest BCUT2D eigenvalue weighted by Crippen LogP contribution is -2.71. The highest BCUT2D eigenvalue weighted by atomic mass is 32.2. The van der Waals surface area contributed by atoms with Crippen molar-refractivity contribution in [3.63, 3.8) is 0 Å². The molecule has 2 saturated heterocycles. The topological polar surface area (TPSA) is 175 Å². The van der Waals surface area contributed by atoms with Crippen molar-refractivity contribution in [2.45, 2.75) is 24.4 Å². The summed E-state index contributed by atoms with van der Waals surface area (Å²) in [6, 6.07) is 11.5. The standard InChI is InChI=1S/C29H29N5O9S/c1-16(35)43-14-18-15-44-26-22(25(37)34(26)23(18)27(38)39)30-24(36)21(17-8-4-3-5-9-17)31-28(40)33-13-12-32(29(33)41)19-10-6-7-11-20(19)42-2/h3-11,21-22,26H,12-15H2,1-2H3,(H,30,36)(H,31,40)(H,38,39)/t21?,22?,26-/m0/s1. The van der Waals surface area contributed by atoms with E-state index in [1.807, 2.05) is 0 Å². The second kappa shape index (κ2) is 12.7. The Balaban J connectivity index is 1.31. The molecule has 0 aromatic heterocycles. The van der Waals surface area contributed by atoms with Gasteiger partial charge in [0.25, 0.3) is 5.91 Å². The maximum atomic E-state index is 13.6. The average Bonchev–Trinajstić information content (AvgIpc) is 3.41. The first-order chi connectivity index (χ1) is 21.1. The molecular weight excluding hydrogens is 594 g/mol. The van der Waals surface area contributed by atoms with Gasteiger partial charge in [-0.15, -0.1) is 11.8 Å². The third-order valence-electron chi connectivity index (χ3n) is 7.29. The molecule has 3 N–H and O–H groups in total. The molecule has 15 heteroatoms. The van der Waals surface area contributed by atoms with Crippen molar-refractivity contribution in [2.75, 3.05) is 37.5 Å². The molecule has 0 radical (unpaired) electrons. The Bertz CT molecular complexity index is 1550. The first-order valence-corrected chi connectivity index (χ1v) is 14.6. The molecule has 230 valence electrons. The van der Waals surface area contributed by atoms with E-state index in [4.69, 9.17) is 9.47 Å². The molecule has 2 fully saturated rings. The average molecular weight is 624 g/mol. The van der Waals surface area contributed by atoms with Crippen LogP contribution in [-0.2, 0) is 23.9 Å². The molecule has 44 heavy (non-hydrogen) atoms. The predicted octanol–water partition coefficient (Wildman–Crippen LogP) is 1.69. The van der Waals surface area contributed by atoms with Crippen LogP contribution < -0.4 is 20.3 Å². The van der Waals surface area contributed by atoms with Crippen molar-refractivity contribution >= 4 is 53.3 Å². The second-order valence-electron chi connectivity index (χ2n) is 9.98. The van der Waals surface area contributed by atoms with E-state index >= 15 is 0 Å². The maximum absolute atomic E-state index is 13.6. The number of imide groups is 1. The molecule has 3 aliphatic rings. The van der Waals surface area contributed by atoms with Crippen LogP contribution in [0.1, 0.15) is 18.5 Å². The number of rotatable bonds is 9. The second-order valence-corrected chi connectivity index (χ2v) is 11.1. The molecule has 3 atom stereocenters. The summed E-state index contributed by atoms with van der Waals surface area (Å²) in [6.07, 6.45) is 0. The van der Waals surface area contributed by atoms with E-state index in [2.05, 4.69) is 10.6 Å². The van der Waals surface area contributed by atoms with E-state index in [1.54, 1.807) is 54.6 Å². The van der Waals surface area contributed by atoms with Gasteiger partial charge in [0.05, 0.1) is 19.3 Å². The summed E-state index contributed by atoms with van der Waals surface area (Å²) in [7, 11) is 1.48. The number of hydrogen-bond donors (Lipinski definition) is 3. The highest BCUT2D eigenvalue weighted by molar-refractivity contribution is 8.00. The zero-order valence-corrected chi connectivity index (χ0v) is 24.5. The van der Waals surface area contributed by atoms with E-state index in [0.717, 1.165) is 9.80 Å². The zero-order chi connectivity index (χ0) is 31.5. The van der Waals surface area contributed by atoms with E-state index in [0.29, 0.717) is 17.0 Å². The number of anilines is 1. The van der Waals surface area contributed by atoms with Crippen LogP contribution in [0.5, 0.6) is 5.75 Å². The molecular formula is C29H29N5O9S. The molecule has 2 aromatic rings. The Labute approximate surface area is 255 Å². The first-order valence-electron chi connectivity index (χ1n) is 13.5. The van der Waals surface area contributed by atoms with Gasteiger partial charge in [-0.05, 0) is 17.7 Å². The normalized spacial score (nSPS) is 20.0. The summed E-state index contributed by atoms with van der Waals surface area (Å²) in [5.74, 6) is -2.71. The monoisotopic (exact) mass is 623 g/mol. The van der Waals surface area contributed by atoms with Crippen LogP contribution in [0.4, 0.5) is 15.3 Å². The molecule has 0 bridgehead atoms. The van der Waals surface area contributed by atoms with Crippen LogP contribution in [0, 0.1) is 0 Å². The fraction of sp³-hybridized carbons (Fsp3) is 0.310. The van der Waals surface area contributed by atoms with Gasteiger partial charge >= 0.3 is 24.0 Å². The van der Waals surface area contributed by atoms with Gasteiger partial charge in [-0.1, -0.05) is 42.5 Å². The largest absolute Gasteiger partial charge is 0.495 e. The summed E-state index contributed by atoms with van der Waals surface area (Å²) in [6.45, 7) is 1.18. The van der Waals surface area contributed by atoms with Crippen LogP contribution in [0.3, 0.4) is 0 Å². The number of urea groups is 2. The van der Waals surface area contributed by atoms with Gasteiger partial charge in [-0.25, -0.2) is 19.3 Å². The smallest absolute Gasteiger partial charge is 0.352 e. The molecule has 0 aliphatic carbocycles. The number of esters is 1. The lowest BCUT2D eigenvalue weighted by molar-refractivity contribution is -0.151. The SMILES string of the molecule is COc1ccccc1N1CCN(C(=O)NC(C(=O)NC2C(=O)N3C(C(=O)O)=C(COC(C)=O)CS[C@@H]23)c2ccccc2)C1=O. The summed E-state index contributed by atoms with van der Waals surface area (Å²) >= 11 is 1.21. The Morgan fingerprint density at radius 2 is 1.75 bits per heavy atom. The van der Waals surface area contributed by atoms with E-state index < -0.39 is 53.3 Å². The number of hydrogen-bond acceptors (Lipinski definition) is 9. The van der Waals surface area contributed by atoms with E-state index in [9.17, 15) is 33.9 Å². The number of carboxylic acid groups (broad SMARTS) is 1. The van der Waals surface area contributed by atoms with Crippen LogP contribution in [0.15, 0.2) is 65.9 Å². The number of aliphatic carboxylic acids is 1. The molecule has 3 aliphatic heterocycles. The third kappa shape index (κ3) is 5.77. The Morgan fingerprint density at radius 3 is 2.43 bits per heavy atom. The van der Waals surface area contributed by atoms with Gasteiger partial charge in [-0.2, -0.15) is 0 Å². The minimum atomic E-state index is -1.36. The maximum Gasteiger partial charge on any atom is 0.352 e. The van der Waals surface area contributed by atoms with Crippen molar-refractivity contribution in [3.05, 3.63) is 71.4 Å². The lowest BCUT2D eigenvalue weighted by Gasteiger charge is -2.49. The molecule has 2 aromatic carbocycles. The Morgan fingerprint density at radius 1 is 1.05 bits per heavy atom.